The molecule has 1 N–H and O–H groups in total. The highest BCUT2D eigenvalue weighted by molar-refractivity contribution is 6.30. The Balaban J connectivity index is 2.27. The van der Waals surface area contributed by atoms with Gasteiger partial charge in [0.25, 0.3) is 0 Å². The van der Waals surface area contributed by atoms with Crippen LogP contribution in [0.1, 0.15) is 19.4 Å². The number of hydrogen-bond donors (Lipinski definition) is 1. The minimum Gasteiger partial charge on any atom is -0.466 e. The molecule has 94 valence electrons. The van der Waals surface area contributed by atoms with Gasteiger partial charge in [0.2, 0.25) is 0 Å². The third-order valence-corrected chi connectivity index (χ3v) is 2.63. The summed E-state index contributed by atoms with van der Waals surface area (Å²) in [7, 11) is 0. The Morgan fingerprint density at radius 2 is 2.06 bits per heavy atom. The van der Waals surface area contributed by atoms with Gasteiger partial charge in [0.15, 0.2) is 0 Å². The first-order valence-electron chi connectivity index (χ1n) is 5.75. The molecule has 1 unspecified atom stereocenters. The van der Waals surface area contributed by atoms with Gasteiger partial charge in [0.1, 0.15) is 0 Å². The lowest BCUT2D eigenvalue weighted by atomic mass is 10.1. The predicted molar refractivity (Wildman–Crippen MR) is 69.0 cm³/mol. The van der Waals surface area contributed by atoms with Gasteiger partial charge in [-0.3, -0.25) is 4.79 Å². The number of ether oxygens (including phenoxy) is 1. The monoisotopic (exact) mass is 255 g/mol. The predicted octanol–water partition coefficient (Wildman–Crippen LogP) is 2.63. The third-order valence-electron chi connectivity index (χ3n) is 2.38. The largest absolute Gasteiger partial charge is 0.466 e. The summed E-state index contributed by atoms with van der Waals surface area (Å²) in [5, 5.41) is 3.95. The van der Waals surface area contributed by atoms with Crippen molar-refractivity contribution < 1.29 is 9.53 Å². The number of carbonyl (C=O) groups is 1. The van der Waals surface area contributed by atoms with Crippen molar-refractivity contribution in [2.75, 3.05) is 13.2 Å². The van der Waals surface area contributed by atoms with Gasteiger partial charge in [-0.1, -0.05) is 30.7 Å². The summed E-state index contributed by atoms with van der Waals surface area (Å²) in [5.74, 6) is -0.279. The average molecular weight is 256 g/mol. The summed E-state index contributed by atoms with van der Waals surface area (Å²) in [6.45, 7) is 5.43. The Labute approximate surface area is 107 Å². The summed E-state index contributed by atoms with van der Waals surface area (Å²) in [6.07, 6.45) is 0. The minimum absolute atomic E-state index is 0.123. The molecule has 0 bridgehead atoms. The second-order valence-corrected chi connectivity index (χ2v) is 4.35. The van der Waals surface area contributed by atoms with Gasteiger partial charge in [0, 0.05) is 18.1 Å². The molecule has 0 aliphatic rings. The molecule has 1 rings (SSSR count). The highest BCUT2D eigenvalue weighted by atomic mass is 35.5. The van der Waals surface area contributed by atoms with Crippen LogP contribution in [-0.4, -0.2) is 19.1 Å². The quantitative estimate of drug-likeness (QED) is 0.795. The van der Waals surface area contributed by atoms with Crippen LogP contribution in [0.3, 0.4) is 0 Å². The zero-order valence-electron chi connectivity index (χ0n) is 10.2. The van der Waals surface area contributed by atoms with E-state index >= 15 is 0 Å². The van der Waals surface area contributed by atoms with Crippen LogP contribution in [0, 0.1) is 5.92 Å². The standard InChI is InChI=1S/C13H18ClNO2/c1-3-17-13(16)10(2)8-15-9-11-4-6-12(14)7-5-11/h4-7,10,15H,3,8-9H2,1-2H3. The van der Waals surface area contributed by atoms with E-state index in [1.807, 2.05) is 38.1 Å². The number of nitrogens with one attached hydrogen (secondary N) is 1. The summed E-state index contributed by atoms with van der Waals surface area (Å²) in [4.78, 5) is 11.4. The Morgan fingerprint density at radius 3 is 2.65 bits per heavy atom. The fourth-order valence-electron chi connectivity index (χ4n) is 1.40. The molecule has 17 heavy (non-hydrogen) atoms. The molecule has 0 aliphatic heterocycles. The normalized spacial score (nSPS) is 12.2. The maximum absolute atomic E-state index is 11.4. The Bertz CT molecular complexity index is 351. The smallest absolute Gasteiger partial charge is 0.309 e. The molecule has 0 spiro atoms. The number of halogens is 1. The molecule has 1 aromatic carbocycles. The number of rotatable bonds is 6. The summed E-state index contributed by atoms with van der Waals surface area (Å²) in [6, 6.07) is 7.63. The van der Waals surface area contributed by atoms with Crippen molar-refractivity contribution in [1.82, 2.24) is 5.32 Å². The second kappa shape index (κ2) is 7.30. The maximum atomic E-state index is 11.4. The van der Waals surface area contributed by atoms with Crippen LogP contribution < -0.4 is 5.32 Å². The van der Waals surface area contributed by atoms with Crippen LogP contribution in [-0.2, 0) is 16.1 Å². The Hall–Kier alpha value is -1.06. The van der Waals surface area contributed by atoms with Crippen molar-refractivity contribution in [2.45, 2.75) is 20.4 Å². The molecule has 0 fully saturated rings. The molecule has 0 aliphatic carbocycles. The highest BCUT2D eigenvalue weighted by Gasteiger charge is 2.12. The minimum atomic E-state index is -0.156. The van der Waals surface area contributed by atoms with Crippen molar-refractivity contribution >= 4 is 17.6 Å². The topological polar surface area (TPSA) is 38.3 Å². The molecule has 1 aromatic rings. The highest BCUT2D eigenvalue weighted by Crippen LogP contribution is 2.09. The van der Waals surface area contributed by atoms with Crippen LogP contribution >= 0.6 is 11.6 Å². The van der Waals surface area contributed by atoms with Crippen molar-refractivity contribution in [3.63, 3.8) is 0 Å². The third kappa shape index (κ3) is 5.20. The van der Waals surface area contributed by atoms with Gasteiger partial charge >= 0.3 is 5.97 Å². The van der Waals surface area contributed by atoms with Gasteiger partial charge in [-0.25, -0.2) is 0 Å². The average Bonchev–Trinajstić information content (AvgIpc) is 2.32. The van der Waals surface area contributed by atoms with Crippen LogP contribution in [0.15, 0.2) is 24.3 Å². The summed E-state index contributed by atoms with van der Waals surface area (Å²) in [5.41, 5.74) is 1.14. The van der Waals surface area contributed by atoms with Gasteiger partial charge in [-0.2, -0.15) is 0 Å². The fourth-order valence-corrected chi connectivity index (χ4v) is 1.53. The van der Waals surface area contributed by atoms with E-state index < -0.39 is 0 Å². The summed E-state index contributed by atoms with van der Waals surface area (Å²) < 4.78 is 4.93. The van der Waals surface area contributed by atoms with E-state index in [0.29, 0.717) is 13.2 Å². The zero-order chi connectivity index (χ0) is 12.7. The first-order chi connectivity index (χ1) is 8.13. The van der Waals surface area contributed by atoms with Crippen LogP contribution in [0.2, 0.25) is 5.02 Å². The molecule has 0 heterocycles. The number of esters is 1. The number of carbonyl (C=O) groups excluding carboxylic acids is 1. The fraction of sp³-hybridized carbons (Fsp3) is 0.462. The van der Waals surface area contributed by atoms with Gasteiger partial charge in [-0.05, 0) is 24.6 Å². The lowest BCUT2D eigenvalue weighted by molar-refractivity contribution is -0.147. The molecule has 3 nitrogen and oxygen atoms in total. The van der Waals surface area contributed by atoms with Gasteiger partial charge in [0.05, 0.1) is 12.5 Å². The van der Waals surface area contributed by atoms with Gasteiger partial charge < -0.3 is 10.1 Å². The number of hydrogen-bond acceptors (Lipinski definition) is 3. The SMILES string of the molecule is CCOC(=O)C(C)CNCc1ccc(Cl)cc1. The molecule has 0 saturated heterocycles. The number of benzene rings is 1. The van der Waals surface area contributed by atoms with E-state index in [1.54, 1.807) is 0 Å². The molecule has 0 aromatic heterocycles. The Morgan fingerprint density at radius 1 is 1.41 bits per heavy atom. The van der Waals surface area contributed by atoms with E-state index in [1.165, 1.54) is 0 Å². The maximum Gasteiger partial charge on any atom is 0.309 e. The molecule has 0 amide bonds. The lowest BCUT2D eigenvalue weighted by Crippen LogP contribution is -2.27. The summed E-state index contributed by atoms with van der Waals surface area (Å²) >= 11 is 5.79. The first kappa shape index (κ1) is 14.0. The van der Waals surface area contributed by atoms with E-state index in [9.17, 15) is 4.79 Å². The van der Waals surface area contributed by atoms with E-state index in [4.69, 9.17) is 16.3 Å². The molecule has 4 heteroatoms. The van der Waals surface area contributed by atoms with E-state index in [-0.39, 0.29) is 11.9 Å². The van der Waals surface area contributed by atoms with Crippen molar-refractivity contribution in [2.24, 2.45) is 5.92 Å². The van der Waals surface area contributed by atoms with E-state index in [2.05, 4.69) is 5.32 Å². The molecular weight excluding hydrogens is 238 g/mol. The Kier molecular flexibility index (Phi) is 6.01. The van der Waals surface area contributed by atoms with Crippen LogP contribution in [0.4, 0.5) is 0 Å². The van der Waals surface area contributed by atoms with Gasteiger partial charge in [-0.15, -0.1) is 0 Å². The first-order valence-corrected chi connectivity index (χ1v) is 6.13. The van der Waals surface area contributed by atoms with Crippen LogP contribution in [0.5, 0.6) is 0 Å². The van der Waals surface area contributed by atoms with Crippen molar-refractivity contribution in [3.05, 3.63) is 34.9 Å². The lowest BCUT2D eigenvalue weighted by Gasteiger charge is -2.11. The van der Waals surface area contributed by atoms with Crippen molar-refractivity contribution in [3.8, 4) is 0 Å². The molecule has 1 atom stereocenters. The van der Waals surface area contributed by atoms with Crippen molar-refractivity contribution in [1.29, 1.82) is 0 Å². The van der Waals surface area contributed by atoms with E-state index in [0.717, 1.165) is 17.1 Å². The second-order valence-electron chi connectivity index (χ2n) is 3.91. The molecular formula is C13H18ClNO2. The molecule has 0 saturated carbocycles. The molecule has 0 radical (unpaired) electrons. The zero-order valence-corrected chi connectivity index (χ0v) is 11.0. The van der Waals surface area contributed by atoms with Crippen LogP contribution in [0.25, 0.3) is 0 Å².